The number of nitrogens with one attached hydrogen (secondary N) is 1. The average Bonchev–Trinajstić information content (AvgIpc) is 2.99. The van der Waals surface area contributed by atoms with Crippen LogP contribution in [0.4, 0.5) is 4.79 Å². The Morgan fingerprint density at radius 2 is 2.29 bits per heavy atom. The topological polar surface area (TPSA) is 67.3 Å². The van der Waals surface area contributed by atoms with Crippen LogP contribution in [-0.4, -0.2) is 35.1 Å². The van der Waals surface area contributed by atoms with E-state index in [2.05, 4.69) is 15.3 Å². The van der Waals surface area contributed by atoms with Crippen molar-refractivity contribution >= 4 is 17.4 Å². The van der Waals surface area contributed by atoms with E-state index in [1.54, 1.807) is 29.4 Å². The van der Waals surface area contributed by atoms with Gasteiger partial charge in [0.05, 0.1) is 41.0 Å². The highest BCUT2D eigenvalue weighted by Crippen LogP contribution is 2.37. The van der Waals surface area contributed by atoms with Crippen molar-refractivity contribution in [1.82, 2.24) is 20.2 Å². The van der Waals surface area contributed by atoms with Crippen molar-refractivity contribution in [1.29, 1.82) is 0 Å². The third-order valence-corrected chi connectivity index (χ3v) is 5.34. The van der Waals surface area contributed by atoms with Gasteiger partial charge in [-0.1, -0.05) is 6.07 Å². The van der Waals surface area contributed by atoms with E-state index in [9.17, 15) is 4.79 Å². The second-order valence-electron chi connectivity index (χ2n) is 5.89. The van der Waals surface area contributed by atoms with E-state index in [1.165, 1.54) is 4.88 Å². The Bertz CT molecular complexity index is 731. The number of ether oxygens (including phenoxy) is 1. The summed E-state index contributed by atoms with van der Waals surface area (Å²) in [6.45, 7) is 2.40. The van der Waals surface area contributed by atoms with Gasteiger partial charge in [-0.15, -0.1) is 11.3 Å². The summed E-state index contributed by atoms with van der Waals surface area (Å²) < 4.78 is 5.11. The molecule has 1 aliphatic carbocycles. The number of aryl methyl sites for hydroxylation is 2. The lowest BCUT2D eigenvalue weighted by Crippen LogP contribution is -2.40. The van der Waals surface area contributed by atoms with Crippen LogP contribution in [-0.2, 0) is 13.0 Å². The van der Waals surface area contributed by atoms with Crippen LogP contribution >= 0.6 is 11.3 Å². The molecule has 1 unspecified atom stereocenters. The number of nitrogens with zero attached hydrogens (tertiary/aromatic N) is 3. The summed E-state index contributed by atoms with van der Waals surface area (Å²) in [6, 6.07) is 5.54. The van der Waals surface area contributed by atoms with Gasteiger partial charge >= 0.3 is 6.03 Å². The fourth-order valence-electron chi connectivity index (χ4n) is 2.99. The zero-order chi connectivity index (χ0) is 17.1. The van der Waals surface area contributed by atoms with E-state index >= 15 is 0 Å². The molecule has 2 aromatic heterocycles. The molecule has 2 heterocycles. The summed E-state index contributed by atoms with van der Waals surface area (Å²) in [4.78, 5) is 24.4. The molecule has 0 radical (unpaired) electrons. The molecule has 0 saturated carbocycles. The van der Waals surface area contributed by atoms with Gasteiger partial charge in [-0.2, -0.15) is 0 Å². The normalized spacial score (nSPS) is 16.4. The average molecular weight is 346 g/mol. The number of carbonyl (C=O) groups excluding carboxylic acids is 1. The van der Waals surface area contributed by atoms with Crippen molar-refractivity contribution in [2.24, 2.45) is 0 Å². The Hall–Kier alpha value is -2.15. The molecular formula is C17H22N4O2S. The SMILES string of the molecule is COc1cccc(CNC(=O)N(C)C2CCCc3nc(C)sc32)n1. The minimum atomic E-state index is -0.0940. The van der Waals surface area contributed by atoms with Crippen LogP contribution in [0.1, 0.15) is 40.2 Å². The van der Waals surface area contributed by atoms with Crippen molar-refractivity contribution in [2.75, 3.05) is 14.2 Å². The van der Waals surface area contributed by atoms with Crippen molar-refractivity contribution in [3.05, 3.63) is 39.5 Å². The fourth-order valence-corrected chi connectivity index (χ4v) is 4.14. The Balaban J connectivity index is 1.65. The molecule has 0 saturated heterocycles. The van der Waals surface area contributed by atoms with Crippen LogP contribution < -0.4 is 10.1 Å². The first-order chi connectivity index (χ1) is 11.6. The van der Waals surface area contributed by atoms with E-state index < -0.39 is 0 Å². The van der Waals surface area contributed by atoms with E-state index in [1.807, 2.05) is 26.1 Å². The quantitative estimate of drug-likeness (QED) is 0.924. The molecule has 0 aliphatic heterocycles. The summed E-state index contributed by atoms with van der Waals surface area (Å²) in [5, 5.41) is 4.01. The lowest BCUT2D eigenvalue weighted by Gasteiger charge is -2.30. The van der Waals surface area contributed by atoms with Crippen molar-refractivity contribution < 1.29 is 9.53 Å². The first-order valence-electron chi connectivity index (χ1n) is 8.05. The Morgan fingerprint density at radius 3 is 3.08 bits per heavy atom. The van der Waals surface area contributed by atoms with Gasteiger partial charge in [0.2, 0.25) is 5.88 Å². The molecular weight excluding hydrogens is 324 g/mol. The third-order valence-electron chi connectivity index (χ3n) is 4.23. The van der Waals surface area contributed by atoms with Crippen LogP contribution in [0.5, 0.6) is 5.88 Å². The smallest absolute Gasteiger partial charge is 0.318 e. The van der Waals surface area contributed by atoms with E-state index in [0.29, 0.717) is 12.4 Å². The van der Waals surface area contributed by atoms with Gasteiger partial charge in [-0.3, -0.25) is 0 Å². The number of methoxy groups -OCH3 is 1. The largest absolute Gasteiger partial charge is 0.481 e. The predicted molar refractivity (Wildman–Crippen MR) is 93.3 cm³/mol. The molecule has 1 N–H and O–H groups in total. The number of hydrogen-bond acceptors (Lipinski definition) is 5. The summed E-state index contributed by atoms with van der Waals surface area (Å²) >= 11 is 1.70. The number of hydrogen-bond donors (Lipinski definition) is 1. The number of aromatic nitrogens is 2. The number of pyridine rings is 1. The molecule has 128 valence electrons. The number of rotatable bonds is 4. The fraction of sp³-hybridized carbons (Fsp3) is 0.471. The first-order valence-corrected chi connectivity index (χ1v) is 8.87. The number of thiazole rings is 1. The standard InChI is InChI=1S/C17H22N4O2S/c1-11-19-13-7-5-8-14(16(13)24-11)21(2)17(22)18-10-12-6-4-9-15(20-12)23-3/h4,6,9,14H,5,7-8,10H2,1-3H3,(H,18,22). The lowest BCUT2D eigenvalue weighted by molar-refractivity contribution is 0.184. The Morgan fingerprint density at radius 1 is 1.46 bits per heavy atom. The summed E-state index contributed by atoms with van der Waals surface area (Å²) in [5.74, 6) is 0.548. The molecule has 24 heavy (non-hydrogen) atoms. The zero-order valence-electron chi connectivity index (χ0n) is 14.2. The molecule has 0 aromatic carbocycles. The monoisotopic (exact) mass is 346 g/mol. The molecule has 6 nitrogen and oxygen atoms in total. The second-order valence-corrected chi connectivity index (χ2v) is 7.13. The molecule has 0 fully saturated rings. The number of carbonyl (C=O) groups is 1. The summed E-state index contributed by atoms with van der Waals surface area (Å²) in [6.07, 6.45) is 3.06. The van der Waals surface area contributed by atoms with Gasteiger partial charge in [0, 0.05) is 13.1 Å². The van der Waals surface area contributed by atoms with Crippen molar-refractivity contribution in [3.63, 3.8) is 0 Å². The van der Waals surface area contributed by atoms with Crippen LogP contribution in [0.15, 0.2) is 18.2 Å². The zero-order valence-corrected chi connectivity index (χ0v) is 15.0. The number of fused-ring (bicyclic) bond motifs is 1. The highest BCUT2D eigenvalue weighted by Gasteiger charge is 2.29. The molecule has 7 heteroatoms. The van der Waals surface area contributed by atoms with Gasteiger partial charge in [0.1, 0.15) is 0 Å². The molecule has 1 aliphatic rings. The minimum Gasteiger partial charge on any atom is -0.481 e. The minimum absolute atomic E-state index is 0.0940. The maximum Gasteiger partial charge on any atom is 0.318 e. The highest BCUT2D eigenvalue weighted by molar-refractivity contribution is 7.11. The van der Waals surface area contributed by atoms with E-state index in [0.717, 1.165) is 35.7 Å². The Kier molecular flexibility index (Phi) is 4.99. The molecule has 0 spiro atoms. The maximum absolute atomic E-state index is 12.5. The van der Waals surface area contributed by atoms with Crippen LogP contribution in [0.2, 0.25) is 0 Å². The van der Waals surface area contributed by atoms with Gasteiger partial charge in [0.15, 0.2) is 0 Å². The van der Waals surface area contributed by atoms with Crippen molar-refractivity contribution in [3.8, 4) is 5.88 Å². The molecule has 0 bridgehead atoms. The maximum atomic E-state index is 12.5. The van der Waals surface area contributed by atoms with Gasteiger partial charge in [-0.05, 0) is 32.3 Å². The van der Waals surface area contributed by atoms with Crippen LogP contribution in [0.3, 0.4) is 0 Å². The molecule has 1 atom stereocenters. The molecule has 2 aromatic rings. The van der Waals surface area contributed by atoms with Crippen LogP contribution in [0.25, 0.3) is 0 Å². The van der Waals surface area contributed by atoms with Crippen molar-refractivity contribution in [2.45, 2.75) is 38.8 Å². The van der Waals surface area contributed by atoms with Gasteiger partial charge < -0.3 is 15.0 Å². The molecule has 3 rings (SSSR count). The third kappa shape index (κ3) is 3.51. The van der Waals surface area contributed by atoms with Gasteiger partial charge in [0.25, 0.3) is 0 Å². The lowest BCUT2D eigenvalue weighted by atomic mass is 9.97. The van der Waals surface area contributed by atoms with Crippen LogP contribution in [0, 0.1) is 6.92 Å². The molecule has 2 amide bonds. The predicted octanol–water partition coefficient (Wildman–Crippen LogP) is 3.07. The Labute approximate surface area is 145 Å². The summed E-state index contributed by atoms with van der Waals surface area (Å²) in [7, 11) is 3.43. The first kappa shape index (κ1) is 16.7. The summed E-state index contributed by atoms with van der Waals surface area (Å²) in [5.41, 5.74) is 1.93. The second kappa shape index (κ2) is 7.17. The van der Waals surface area contributed by atoms with E-state index in [4.69, 9.17) is 4.74 Å². The van der Waals surface area contributed by atoms with E-state index in [-0.39, 0.29) is 12.1 Å². The number of amides is 2. The number of urea groups is 1. The van der Waals surface area contributed by atoms with Gasteiger partial charge in [-0.25, -0.2) is 14.8 Å². The highest BCUT2D eigenvalue weighted by atomic mass is 32.1.